The van der Waals surface area contributed by atoms with Crippen LogP contribution in [0.5, 0.6) is 0 Å². The Morgan fingerprint density at radius 3 is 3.13 bits per heavy atom. The van der Waals surface area contributed by atoms with Crippen molar-refractivity contribution < 1.29 is 9.90 Å². The number of hydrogen-bond donors (Lipinski definition) is 1. The van der Waals surface area contributed by atoms with Crippen molar-refractivity contribution in [1.29, 1.82) is 0 Å². The molecule has 0 saturated heterocycles. The van der Waals surface area contributed by atoms with Gasteiger partial charge in [-0.1, -0.05) is 0 Å². The Labute approximate surface area is 89.2 Å². The first-order valence-electron chi connectivity index (χ1n) is 4.24. The average molecular weight is 223 g/mol. The van der Waals surface area contributed by atoms with E-state index in [2.05, 4.69) is 19.9 Å². The van der Waals surface area contributed by atoms with E-state index < -0.39 is 5.97 Å². The lowest BCUT2D eigenvalue weighted by molar-refractivity contribution is -0.305. The number of hydrogen-bond acceptors (Lipinski definition) is 6. The van der Waals surface area contributed by atoms with Crippen LogP contribution in [0, 0.1) is 0 Å². The largest absolute Gasteiger partial charge is 0.550 e. The Morgan fingerprint density at radius 1 is 1.47 bits per heavy atom. The van der Waals surface area contributed by atoms with Crippen LogP contribution in [0.3, 0.4) is 0 Å². The molecule has 0 amide bonds. The smallest absolute Gasteiger partial charge is 0.181 e. The number of H-pyrrole nitrogens is 1. The monoisotopic (exact) mass is 223 g/mol. The minimum absolute atomic E-state index is 0.00427. The molecular formula is C8H7N4O2S-. The molecule has 2 rings (SSSR count). The number of carbonyl (C=O) groups excluding carboxylic acids is 1. The molecule has 0 unspecified atom stereocenters. The summed E-state index contributed by atoms with van der Waals surface area (Å²) in [6.07, 6.45) is 2.94. The van der Waals surface area contributed by atoms with Crippen LogP contribution in [0.4, 0.5) is 0 Å². The summed E-state index contributed by atoms with van der Waals surface area (Å²) in [5, 5.41) is 10.9. The molecule has 2 aromatic rings. The predicted molar refractivity (Wildman–Crippen MR) is 52.0 cm³/mol. The Balaban J connectivity index is 2.13. The van der Waals surface area contributed by atoms with Crippen LogP contribution in [0.25, 0.3) is 11.2 Å². The zero-order valence-corrected chi connectivity index (χ0v) is 8.45. The first-order chi connectivity index (χ1) is 7.27. The van der Waals surface area contributed by atoms with E-state index in [1.165, 1.54) is 24.4 Å². The number of carboxylic acids is 1. The fourth-order valence-corrected chi connectivity index (χ4v) is 1.96. The third-order valence-corrected chi connectivity index (χ3v) is 2.72. The molecule has 0 bridgehead atoms. The third-order valence-electron chi connectivity index (χ3n) is 1.73. The number of nitrogens with zero attached hydrogens (tertiary/aromatic N) is 3. The molecular weight excluding hydrogens is 216 g/mol. The summed E-state index contributed by atoms with van der Waals surface area (Å²) in [6.45, 7) is 0. The van der Waals surface area contributed by atoms with Crippen LogP contribution >= 0.6 is 11.8 Å². The second-order valence-electron chi connectivity index (χ2n) is 2.75. The molecule has 7 heteroatoms. The van der Waals surface area contributed by atoms with Crippen LogP contribution in [0.15, 0.2) is 17.7 Å². The molecule has 0 atom stereocenters. The van der Waals surface area contributed by atoms with Gasteiger partial charge in [-0.3, -0.25) is 0 Å². The van der Waals surface area contributed by atoms with Gasteiger partial charge in [0, 0.05) is 11.7 Å². The number of thioether (sulfide) groups is 1. The molecule has 15 heavy (non-hydrogen) atoms. The van der Waals surface area contributed by atoms with Crippen molar-refractivity contribution in [2.24, 2.45) is 0 Å². The maximum atomic E-state index is 10.2. The Morgan fingerprint density at radius 2 is 2.33 bits per heavy atom. The highest BCUT2D eigenvalue weighted by Crippen LogP contribution is 2.21. The van der Waals surface area contributed by atoms with Gasteiger partial charge in [-0.15, -0.1) is 11.8 Å². The van der Waals surface area contributed by atoms with Crippen LogP contribution in [-0.2, 0) is 4.79 Å². The fourth-order valence-electron chi connectivity index (χ4n) is 1.08. The summed E-state index contributed by atoms with van der Waals surface area (Å²) in [7, 11) is 0. The molecule has 0 aromatic carbocycles. The first-order valence-corrected chi connectivity index (χ1v) is 5.22. The summed E-state index contributed by atoms with van der Waals surface area (Å²) in [5.74, 6) is -0.634. The van der Waals surface area contributed by atoms with Gasteiger partial charge in [0.1, 0.15) is 16.9 Å². The van der Waals surface area contributed by atoms with E-state index in [0.717, 1.165) is 5.52 Å². The van der Waals surface area contributed by atoms with Crippen molar-refractivity contribution in [2.45, 2.75) is 11.4 Å². The quantitative estimate of drug-likeness (QED) is 0.559. The van der Waals surface area contributed by atoms with Gasteiger partial charge in [0.15, 0.2) is 5.65 Å². The zero-order valence-electron chi connectivity index (χ0n) is 7.64. The van der Waals surface area contributed by atoms with Gasteiger partial charge < -0.3 is 14.9 Å². The molecule has 0 radical (unpaired) electrons. The van der Waals surface area contributed by atoms with Crippen molar-refractivity contribution >= 4 is 28.9 Å². The molecule has 78 valence electrons. The lowest BCUT2D eigenvalue weighted by atomic mass is 10.5. The Kier molecular flexibility index (Phi) is 2.82. The van der Waals surface area contributed by atoms with E-state index in [1.807, 2.05) is 0 Å². The van der Waals surface area contributed by atoms with Gasteiger partial charge in [-0.25, -0.2) is 15.0 Å². The molecule has 2 heterocycles. The third kappa shape index (κ3) is 2.24. The van der Waals surface area contributed by atoms with Gasteiger partial charge >= 0.3 is 0 Å². The number of carboxylic acid groups (broad SMARTS) is 1. The highest BCUT2D eigenvalue weighted by molar-refractivity contribution is 7.99. The second-order valence-corrected chi connectivity index (χ2v) is 3.83. The summed E-state index contributed by atoms with van der Waals surface area (Å²) in [5.41, 5.74) is 1.32. The normalized spacial score (nSPS) is 10.7. The summed E-state index contributed by atoms with van der Waals surface area (Å²) < 4.78 is 0. The van der Waals surface area contributed by atoms with Gasteiger partial charge in [0.25, 0.3) is 0 Å². The Bertz CT molecular complexity index is 484. The second kappa shape index (κ2) is 4.26. The lowest BCUT2D eigenvalue weighted by Gasteiger charge is -2.01. The van der Waals surface area contributed by atoms with Crippen molar-refractivity contribution in [2.75, 3.05) is 5.75 Å². The maximum absolute atomic E-state index is 10.2. The van der Waals surface area contributed by atoms with Gasteiger partial charge in [-0.2, -0.15) is 0 Å². The van der Waals surface area contributed by atoms with Crippen LogP contribution in [-0.4, -0.2) is 31.7 Å². The summed E-state index contributed by atoms with van der Waals surface area (Å²) in [6, 6.07) is 0. The van der Waals surface area contributed by atoms with Crippen molar-refractivity contribution in [3.63, 3.8) is 0 Å². The SMILES string of the molecule is O=C([O-])CCSc1ncnc2nc[nH]c12. The number of aromatic amines is 1. The van der Waals surface area contributed by atoms with Crippen molar-refractivity contribution in [1.82, 2.24) is 19.9 Å². The predicted octanol–water partition coefficient (Wildman–Crippen LogP) is -0.415. The highest BCUT2D eigenvalue weighted by atomic mass is 32.2. The van der Waals surface area contributed by atoms with E-state index in [-0.39, 0.29) is 6.42 Å². The van der Waals surface area contributed by atoms with Gasteiger partial charge in [-0.05, 0) is 6.42 Å². The number of imidazole rings is 1. The molecule has 0 spiro atoms. The first kappa shape index (κ1) is 9.91. The van der Waals surface area contributed by atoms with E-state index in [4.69, 9.17) is 0 Å². The molecule has 0 fully saturated rings. The zero-order chi connectivity index (χ0) is 10.7. The number of nitrogens with one attached hydrogen (secondary N) is 1. The maximum Gasteiger partial charge on any atom is 0.181 e. The molecule has 0 aliphatic carbocycles. The number of aliphatic carboxylic acids is 1. The van der Waals surface area contributed by atoms with Crippen molar-refractivity contribution in [3.8, 4) is 0 Å². The van der Waals surface area contributed by atoms with E-state index >= 15 is 0 Å². The van der Waals surface area contributed by atoms with E-state index in [9.17, 15) is 9.90 Å². The topological polar surface area (TPSA) is 94.6 Å². The number of aromatic nitrogens is 4. The van der Waals surface area contributed by atoms with Crippen LogP contribution < -0.4 is 5.11 Å². The molecule has 0 aliphatic rings. The standard InChI is InChI=1S/C8H8N4O2S/c13-5(14)1-2-15-8-6-7(10-3-9-6)11-4-12-8/h3-4H,1-2H2,(H,13,14)(H,9,10,11,12)/p-1. The number of fused-ring (bicyclic) bond motifs is 1. The lowest BCUT2D eigenvalue weighted by Crippen LogP contribution is -2.22. The highest BCUT2D eigenvalue weighted by Gasteiger charge is 2.05. The molecule has 0 saturated carbocycles. The van der Waals surface area contributed by atoms with Gasteiger partial charge in [0.05, 0.1) is 6.33 Å². The van der Waals surface area contributed by atoms with Gasteiger partial charge in [0.2, 0.25) is 0 Å². The average Bonchev–Trinajstić information content (AvgIpc) is 2.65. The van der Waals surface area contributed by atoms with Crippen molar-refractivity contribution in [3.05, 3.63) is 12.7 Å². The minimum Gasteiger partial charge on any atom is -0.550 e. The molecule has 6 nitrogen and oxygen atoms in total. The molecule has 2 aromatic heterocycles. The van der Waals surface area contributed by atoms with E-state index in [1.54, 1.807) is 0 Å². The number of rotatable bonds is 4. The Hall–Kier alpha value is -1.63. The summed E-state index contributed by atoms with van der Waals surface area (Å²) >= 11 is 1.34. The molecule has 0 aliphatic heterocycles. The van der Waals surface area contributed by atoms with Crippen LogP contribution in [0.2, 0.25) is 0 Å². The fraction of sp³-hybridized carbons (Fsp3) is 0.250. The summed E-state index contributed by atoms with van der Waals surface area (Å²) in [4.78, 5) is 25.1. The minimum atomic E-state index is -1.06. The molecule has 1 N–H and O–H groups in total. The van der Waals surface area contributed by atoms with Crippen LogP contribution in [0.1, 0.15) is 6.42 Å². The van der Waals surface area contributed by atoms with E-state index in [0.29, 0.717) is 16.4 Å². The number of carbonyl (C=O) groups is 1.